The minimum Gasteiger partial charge on any atom is -0.337 e. The Balaban J connectivity index is 1.98. The van der Waals surface area contributed by atoms with Gasteiger partial charge >= 0.3 is 0 Å². The van der Waals surface area contributed by atoms with Gasteiger partial charge in [-0.15, -0.1) is 0 Å². The minimum atomic E-state index is -0.540. The molecular weight excluding hydrogens is 371 g/mol. The average Bonchev–Trinajstić information content (AvgIpc) is 2.84. The molecular formula is C19H20Cl2N4O. The fourth-order valence-electron chi connectivity index (χ4n) is 2.57. The lowest BCUT2D eigenvalue weighted by atomic mass is 9.96. The van der Waals surface area contributed by atoms with E-state index in [4.69, 9.17) is 23.2 Å². The number of rotatable bonds is 3. The molecule has 0 fully saturated rings. The van der Waals surface area contributed by atoms with Crippen LogP contribution in [0.2, 0.25) is 10.2 Å². The summed E-state index contributed by atoms with van der Waals surface area (Å²) in [5.74, 6) is 0.0521. The summed E-state index contributed by atoms with van der Waals surface area (Å²) in [5.41, 5.74) is 3.00. The van der Waals surface area contributed by atoms with Crippen molar-refractivity contribution in [2.45, 2.75) is 34.2 Å². The summed E-state index contributed by atoms with van der Waals surface area (Å²) >= 11 is 12.4. The van der Waals surface area contributed by atoms with Gasteiger partial charge in [-0.1, -0.05) is 56.1 Å². The van der Waals surface area contributed by atoms with Gasteiger partial charge in [0.2, 0.25) is 11.9 Å². The van der Waals surface area contributed by atoms with Crippen LogP contribution in [0.5, 0.6) is 0 Å². The van der Waals surface area contributed by atoms with Crippen molar-refractivity contribution in [2.75, 3.05) is 5.32 Å². The average molecular weight is 391 g/mol. The summed E-state index contributed by atoms with van der Waals surface area (Å²) in [5, 5.41) is 3.73. The lowest BCUT2D eigenvalue weighted by Crippen LogP contribution is -2.28. The molecule has 0 aliphatic rings. The highest BCUT2D eigenvalue weighted by molar-refractivity contribution is 6.34. The standard InChI is InChI=1S/C19H20Cl2N4O/c1-11-9-14-15(25(11)10-12-5-7-13(20)8-6-12)16(21)23-18(22-14)24-17(26)19(2,3)4/h5-9H,10H2,1-4H3,(H,22,23,24,26). The highest BCUT2D eigenvalue weighted by Crippen LogP contribution is 2.27. The topological polar surface area (TPSA) is 59.8 Å². The largest absolute Gasteiger partial charge is 0.337 e. The van der Waals surface area contributed by atoms with Gasteiger partial charge in [0, 0.05) is 22.7 Å². The third kappa shape index (κ3) is 3.84. The lowest BCUT2D eigenvalue weighted by molar-refractivity contribution is -0.123. The predicted molar refractivity (Wildman–Crippen MR) is 106 cm³/mol. The van der Waals surface area contributed by atoms with E-state index in [0.29, 0.717) is 22.2 Å². The zero-order chi connectivity index (χ0) is 19.1. The van der Waals surface area contributed by atoms with E-state index in [2.05, 4.69) is 19.9 Å². The fraction of sp³-hybridized carbons (Fsp3) is 0.316. The van der Waals surface area contributed by atoms with Crippen LogP contribution in [0.3, 0.4) is 0 Å². The van der Waals surface area contributed by atoms with Crippen molar-refractivity contribution >= 4 is 46.1 Å². The smallest absolute Gasteiger partial charge is 0.232 e. The number of aromatic nitrogens is 3. The molecule has 2 aromatic heterocycles. The summed E-state index contributed by atoms with van der Waals surface area (Å²) < 4.78 is 2.05. The number of nitrogens with one attached hydrogen (secondary N) is 1. The molecule has 0 bridgehead atoms. The second kappa shape index (κ2) is 6.89. The summed E-state index contributed by atoms with van der Waals surface area (Å²) in [4.78, 5) is 20.9. The first-order valence-corrected chi connectivity index (χ1v) is 9.00. The zero-order valence-electron chi connectivity index (χ0n) is 15.1. The molecule has 3 rings (SSSR count). The molecule has 0 radical (unpaired) electrons. The number of hydrogen-bond acceptors (Lipinski definition) is 3. The number of hydrogen-bond donors (Lipinski definition) is 1. The van der Waals surface area contributed by atoms with Crippen molar-refractivity contribution < 1.29 is 4.79 Å². The van der Waals surface area contributed by atoms with E-state index < -0.39 is 5.41 Å². The van der Waals surface area contributed by atoms with Gasteiger partial charge < -0.3 is 4.57 Å². The normalized spacial score (nSPS) is 11.8. The summed E-state index contributed by atoms with van der Waals surface area (Å²) in [7, 11) is 0. The maximum Gasteiger partial charge on any atom is 0.232 e. The molecule has 1 N–H and O–H groups in total. The van der Waals surface area contributed by atoms with Gasteiger partial charge in [-0.05, 0) is 30.7 Å². The van der Waals surface area contributed by atoms with Crippen LogP contribution in [0.25, 0.3) is 11.0 Å². The zero-order valence-corrected chi connectivity index (χ0v) is 16.6. The number of carbonyl (C=O) groups is 1. The monoisotopic (exact) mass is 390 g/mol. The maximum atomic E-state index is 12.2. The van der Waals surface area contributed by atoms with Gasteiger partial charge in [0.15, 0.2) is 5.15 Å². The lowest BCUT2D eigenvalue weighted by Gasteiger charge is -2.17. The third-order valence-electron chi connectivity index (χ3n) is 4.07. The highest BCUT2D eigenvalue weighted by Gasteiger charge is 2.23. The third-order valence-corrected chi connectivity index (χ3v) is 4.59. The highest BCUT2D eigenvalue weighted by atomic mass is 35.5. The number of benzene rings is 1. The first-order valence-electron chi connectivity index (χ1n) is 8.24. The van der Waals surface area contributed by atoms with Crippen molar-refractivity contribution in [3.05, 3.63) is 51.8 Å². The van der Waals surface area contributed by atoms with Crippen LogP contribution in [0.1, 0.15) is 32.0 Å². The van der Waals surface area contributed by atoms with Crippen LogP contribution in [0.4, 0.5) is 5.95 Å². The molecule has 7 heteroatoms. The van der Waals surface area contributed by atoms with Gasteiger partial charge in [0.1, 0.15) is 5.52 Å². The van der Waals surface area contributed by atoms with Crippen molar-refractivity contribution in [1.82, 2.24) is 14.5 Å². The SMILES string of the molecule is Cc1cc2nc(NC(=O)C(C)(C)C)nc(Cl)c2n1Cc1ccc(Cl)cc1. The number of carbonyl (C=O) groups excluding carboxylic acids is 1. The fourth-order valence-corrected chi connectivity index (χ4v) is 2.97. The Bertz CT molecular complexity index is 972. The summed E-state index contributed by atoms with van der Waals surface area (Å²) in [6.45, 7) is 8.10. The Morgan fingerprint density at radius 1 is 1.15 bits per heavy atom. The molecule has 0 spiro atoms. The van der Waals surface area contributed by atoms with E-state index in [-0.39, 0.29) is 11.9 Å². The van der Waals surface area contributed by atoms with Crippen molar-refractivity contribution in [3.8, 4) is 0 Å². The van der Waals surface area contributed by atoms with E-state index >= 15 is 0 Å². The van der Waals surface area contributed by atoms with E-state index in [0.717, 1.165) is 16.8 Å². The molecule has 0 unspecified atom stereocenters. The van der Waals surface area contributed by atoms with Crippen LogP contribution in [-0.2, 0) is 11.3 Å². The quantitative estimate of drug-likeness (QED) is 0.634. The van der Waals surface area contributed by atoms with E-state index in [1.54, 1.807) is 0 Å². The van der Waals surface area contributed by atoms with Crippen LogP contribution in [0, 0.1) is 12.3 Å². The van der Waals surface area contributed by atoms with E-state index in [9.17, 15) is 4.79 Å². The maximum absolute atomic E-state index is 12.2. The molecule has 2 heterocycles. The van der Waals surface area contributed by atoms with Crippen LogP contribution in [0.15, 0.2) is 30.3 Å². The number of fused-ring (bicyclic) bond motifs is 1. The molecule has 0 aliphatic heterocycles. The molecule has 3 aromatic rings. The Morgan fingerprint density at radius 2 is 1.81 bits per heavy atom. The Labute approximate surface area is 162 Å². The van der Waals surface area contributed by atoms with Gasteiger partial charge in [-0.2, -0.15) is 4.98 Å². The first-order chi connectivity index (χ1) is 12.1. The van der Waals surface area contributed by atoms with Gasteiger partial charge in [0.05, 0.1) is 5.52 Å². The summed E-state index contributed by atoms with van der Waals surface area (Å²) in [6.07, 6.45) is 0. The molecule has 1 amide bonds. The van der Waals surface area contributed by atoms with Crippen molar-refractivity contribution in [2.24, 2.45) is 5.41 Å². The number of nitrogens with zero attached hydrogens (tertiary/aromatic N) is 3. The molecule has 26 heavy (non-hydrogen) atoms. The van der Waals surface area contributed by atoms with Gasteiger partial charge in [-0.3, -0.25) is 10.1 Å². The van der Waals surface area contributed by atoms with E-state index in [1.165, 1.54) is 0 Å². The number of aryl methyl sites for hydroxylation is 1. The summed E-state index contributed by atoms with van der Waals surface area (Å²) in [6, 6.07) is 9.60. The van der Waals surface area contributed by atoms with Gasteiger partial charge in [-0.25, -0.2) is 4.98 Å². The minimum absolute atomic E-state index is 0.162. The van der Waals surface area contributed by atoms with Gasteiger partial charge in [0.25, 0.3) is 0 Å². The first kappa shape index (κ1) is 18.7. The van der Waals surface area contributed by atoms with Crippen LogP contribution in [-0.4, -0.2) is 20.4 Å². The predicted octanol–water partition coefficient (Wildman–Crippen LogP) is 5.08. The van der Waals surface area contributed by atoms with Crippen molar-refractivity contribution in [3.63, 3.8) is 0 Å². The van der Waals surface area contributed by atoms with Crippen LogP contribution >= 0.6 is 23.2 Å². The molecule has 0 atom stereocenters. The Hall–Kier alpha value is -2.11. The van der Waals surface area contributed by atoms with E-state index in [1.807, 2.05) is 58.0 Å². The molecule has 136 valence electrons. The Morgan fingerprint density at radius 3 is 2.42 bits per heavy atom. The molecule has 0 aliphatic carbocycles. The number of anilines is 1. The molecule has 1 aromatic carbocycles. The van der Waals surface area contributed by atoms with Crippen molar-refractivity contribution in [1.29, 1.82) is 0 Å². The second-order valence-electron chi connectivity index (χ2n) is 7.27. The molecule has 5 nitrogen and oxygen atoms in total. The second-order valence-corrected chi connectivity index (χ2v) is 8.07. The Kier molecular flexibility index (Phi) is 4.95. The number of amides is 1. The molecule has 0 saturated carbocycles. The number of halogens is 2. The van der Waals surface area contributed by atoms with Crippen LogP contribution < -0.4 is 5.32 Å². The molecule has 0 saturated heterocycles.